The summed E-state index contributed by atoms with van der Waals surface area (Å²) in [5, 5.41) is 6.93. The molecule has 1 atom stereocenters. The van der Waals surface area contributed by atoms with E-state index in [1.165, 1.54) is 7.11 Å². The van der Waals surface area contributed by atoms with Crippen LogP contribution in [-0.4, -0.2) is 37.5 Å². The van der Waals surface area contributed by atoms with Crippen LogP contribution >= 0.6 is 12.4 Å². The van der Waals surface area contributed by atoms with E-state index in [1.54, 1.807) is 0 Å². The second kappa shape index (κ2) is 4.14. The molecule has 0 radical (unpaired) electrons. The lowest BCUT2D eigenvalue weighted by atomic mass is 9.97. The third kappa shape index (κ3) is 1.83. The summed E-state index contributed by atoms with van der Waals surface area (Å²) in [6.45, 7) is 1.68. The molecule has 0 aliphatic carbocycles. The number of esters is 1. The normalized spacial score (nSPS) is 29.4. The fourth-order valence-electron chi connectivity index (χ4n) is 1.70. The molecular formula is C8H13ClN2O3. The number of nitrogens with one attached hydrogen (secondary N) is 1. The van der Waals surface area contributed by atoms with E-state index < -0.39 is 0 Å². The van der Waals surface area contributed by atoms with E-state index in [0.29, 0.717) is 12.1 Å². The van der Waals surface area contributed by atoms with E-state index in [-0.39, 0.29) is 24.0 Å². The molecule has 2 rings (SSSR count). The largest absolute Gasteiger partial charge is 0.464 e. The third-order valence-electron chi connectivity index (χ3n) is 2.46. The zero-order valence-corrected chi connectivity index (χ0v) is 8.73. The quantitative estimate of drug-likeness (QED) is 0.637. The van der Waals surface area contributed by atoms with Crippen LogP contribution in [0.15, 0.2) is 5.16 Å². The molecular weight excluding hydrogens is 208 g/mol. The molecule has 80 valence electrons. The first-order valence-electron chi connectivity index (χ1n) is 4.30. The first kappa shape index (κ1) is 11.3. The maximum Gasteiger partial charge on any atom is 0.355 e. The molecule has 1 fully saturated rings. The highest BCUT2D eigenvalue weighted by Crippen LogP contribution is 2.29. The number of hydrogen-bond acceptors (Lipinski definition) is 5. The van der Waals surface area contributed by atoms with Crippen molar-refractivity contribution in [2.75, 3.05) is 20.2 Å². The van der Waals surface area contributed by atoms with Crippen LogP contribution in [0.1, 0.15) is 12.8 Å². The molecule has 14 heavy (non-hydrogen) atoms. The van der Waals surface area contributed by atoms with Crippen LogP contribution in [0.3, 0.4) is 0 Å². The Morgan fingerprint density at radius 1 is 1.71 bits per heavy atom. The first-order valence-corrected chi connectivity index (χ1v) is 4.30. The summed E-state index contributed by atoms with van der Waals surface area (Å²) in [4.78, 5) is 16.4. The van der Waals surface area contributed by atoms with Crippen molar-refractivity contribution >= 4 is 24.1 Å². The maximum absolute atomic E-state index is 11.1. The molecule has 1 N–H and O–H groups in total. The lowest BCUT2D eigenvalue weighted by molar-refractivity contribution is -0.132. The van der Waals surface area contributed by atoms with Crippen molar-refractivity contribution in [3.05, 3.63) is 0 Å². The molecule has 1 saturated heterocycles. The first-order chi connectivity index (χ1) is 6.26. The van der Waals surface area contributed by atoms with Gasteiger partial charge in [-0.3, -0.25) is 0 Å². The van der Waals surface area contributed by atoms with E-state index in [4.69, 9.17) is 4.84 Å². The molecule has 2 aliphatic heterocycles. The summed E-state index contributed by atoms with van der Waals surface area (Å²) in [6.07, 6.45) is 1.46. The number of hydrogen-bond donors (Lipinski definition) is 1. The number of halogens is 1. The molecule has 1 spiro atoms. The molecule has 0 amide bonds. The number of carbonyl (C=O) groups is 1. The minimum absolute atomic E-state index is 0. The molecule has 6 heteroatoms. The molecule has 0 aromatic rings. The highest BCUT2D eigenvalue weighted by Gasteiger charge is 2.43. The number of oxime groups is 1. The third-order valence-corrected chi connectivity index (χ3v) is 2.46. The Morgan fingerprint density at radius 3 is 3.07 bits per heavy atom. The van der Waals surface area contributed by atoms with Gasteiger partial charge in [-0.15, -0.1) is 12.4 Å². The van der Waals surface area contributed by atoms with Crippen molar-refractivity contribution in [3.63, 3.8) is 0 Å². The van der Waals surface area contributed by atoms with Crippen molar-refractivity contribution < 1.29 is 14.4 Å². The van der Waals surface area contributed by atoms with Gasteiger partial charge in [-0.05, 0) is 6.54 Å². The zero-order valence-electron chi connectivity index (χ0n) is 7.91. The second-order valence-electron chi connectivity index (χ2n) is 3.41. The predicted octanol–water partition coefficient (Wildman–Crippen LogP) is 0.0896. The van der Waals surface area contributed by atoms with Crippen molar-refractivity contribution in [2.24, 2.45) is 5.16 Å². The lowest BCUT2D eigenvalue weighted by Crippen LogP contribution is -2.32. The van der Waals surface area contributed by atoms with Gasteiger partial charge in [0.05, 0.1) is 7.11 Å². The van der Waals surface area contributed by atoms with E-state index in [0.717, 1.165) is 19.5 Å². The number of rotatable bonds is 1. The van der Waals surface area contributed by atoms with Crippen LogP contribution < -0.4 is 5.32 Å². The second-order valence-corrected chi connectivity index (χ2v) is 3.41. The standard InChI is InChI=1S/C8H12N2O3.ClH/c1-12-7(11)6-4-8(13-10-6)2-3-9-5-8;/h9H,2-5H2,1H3;1H. The van der Waals surface area contributed by atoms with Gasteiger partial charge < -0.3 is 14.9 Å². The van der Waals surface area contributed by atoms with Crippen molar-refractivity contribution in [1.82, 2.24) is 5.32 Å². The van der Waals surface area contributed by atoms with Gasteiger partial charge in [0.25, 0.3) is 0 Å². The molecule has 2 aliphatic rings. The summed E-state index contributed by atoms with van der Waals surface area (Å²) < 4.78 is 4.57. The van der Waals surface area contributed by atoms with E-state index >= 15 is 0 Å². The van der Waals surface area contributed by atoms with Crippen LogP contribution in [0.2, 0.25) is 0 Å². The van der Waals surface area contributed by atoms with Crippen molar-refractivity contribution in [1.29, 1.82) is 0 Å². The lowest BCUT2D eigenvalue weighted by Gasteiger charge is -2.17. The summed E-state index contributed by atoms with van der Waals surface area (Å²) in [5.41, 5.74) is 0.120. The Morgan fingerprint density at radius 2 is 2.50 bits per heavy atom. The summed E-state index contributed by atoms with van der Waals surface area (Å²) >= 11 is 0. The minimum atomic E-state index is -0.385. The molecule has 0 aromatic heterocycles. The maximum atomic E-state index is 11.1. The van der Waals surface area contributed by atoms with Gasteiger partial charge >= 0.3 is 5.97 Å². The number of methoxy groups -OCH3 is 1. The Bertz CT molecular complexity index is 261. The monoisotopic (exact) mass is 220 g/mol. The number of carbonyl (C=O) groups excluding carboxylic acids is 1. The van der Waals surface area contributed by atoms with Crippen LogP contribution in [0.5, 0.6) is 0 Å². The summed E-state index contributed by atoms with van der Waals surface area (Å²) in [6, 6.07) is 0. The Hall–Kier alpha value is -0.810. The summed E-state index contributed by atoms with van der Waals surface area (Å²) in [7, 11) is 1.35. The van der Waals surface area contributed by atoms with Crippen LogP contribution in [-0.2, 0) is 14.4 Å². The Kier molecular flexibility index (Phi) is 3.34. The van der Waals surface area contributed by atoms with Gasteiger partial charge in [-0.2, -0.15) is 0 Å². The van der Waals surface area contributed by atoms with Gasteiger partial charge in [0.1, 0.15) is 0 Å². The van der Waals surface area contributed by atoms with Crippen LogP contribution in [0, 0.1) is 0 Å². The van der Waals surface area contributed by atoms with Crippen LogP contribution in [0.25, 0.3) is 0 Å². The average Bonchev–Trinajstić information content (AvgIpc) is 2.76. The van der Waals surface area contributed by atoms with Gasteiger partial charge in [0.15, 0.2) is 11.3 Å². The van der Waals surface area contributed by atoms with E-state index in [1.807, 2.05) is 0 Å². The number of nitrogens with zero attached hydrogens (tertiary/aromatic N) is 1. The van der Waals surface area contributed by atoms with E-state index in [9.17, 15) is 4.79 Å². The molecule has 1 unspecified atom stereocenters. The summed E-state index contributed by atoms with van der Waals surface area (Å²) in [5.74, 6) is -0.385. The van der Waals surface area contributed by atoms with Crippen LogP contribution in [0.4, 0.5) is 0 Å². The molecule has 5 nitrogen and oxygen atoms in total. The Balaban J connectivity index is 0.000000980. The molecule has 0 bridgehead atoms. The smallest absolute Gasteiger partial charge is 0.355 e. The topological polar surface area (TPSA) is 59.9 Å². The SMILES string of the molecule is COC(=O)C1=NOC2(CCNC2)C1.Cl. The van der Waals surface area contributed by atoms with E-state index in [2.05, 4.69) is 15.2 Å². The van der Waals surface area contributed by atoms with Gasteiger partial charge in [0.2, 0.25) is 0 Å². The number of ether oxygens (including phenoxy) is 1. The van der Waals surface area contributed by atoms with Gasteiger partial charge in [-0.1, -0.05) is 5.16 Å². The minimum Gasteiger partial charge on any atom is -0.464 e. The van der Waals surface area contributed by atoms with Gasteiger partial charge in [-0.25, -0.2) is 4.79 Å². The highest BCUT2D eigenvalue weighted by atomic mass is 35.5. The van der Waals surface area contributed by atoms with Gasteiger partial charge in [0, 0.05) is 19.4 Å². The van der Waals surface area contributed by atoms with Crippen molar-refractivity contribution in [2.45, 2.75) is 18.4 Å². The molecule has 0 aromatic carbocycles. The van der Waals surface area contributed by atoms with Crippen molar-refractivity contribution in [3.8, 4) is 0 Å². The average molecular weight is 221 g/mol. The zero-order chi connectivity index (χ0) is 9.31. The fourth-order valence-corrected chi connectivity index (χ4v) is 1.70. The molecule has 0 saturated carbocycles. The highest BCUT2D eigenvalue weighted by molar-refractivity contribution is 6.36. The Labute approximate surface area is 88.2 Å². The predicted molar refractivity (Wildman–Crippen MR) is 52.6 cm³/mol. The fraction of sp³-hybridized carbons (Fsp3) is 0.750. The molecule has 2 heterocycles.